The highest BCUT2D eigenvalue weighted by atomic mass is 32.2. The molecule has 0 aliphatic carbocycles. The molecule has 0 saturated heterocycles. The summed E-state index contributed by atoms with van der Waals surface area (Å²) in [4.78, 5) is 13.8. The maximum absolute atomic E-state index is 12.9. The molecule has 0 bridgehead atoms. The Bertz CT molecular complexity index is 1020. The molecule has 3 aromatic rings. The van der Waals surface area contributed by atoms with Gasteiger partial charge in [0.1, 0.15) is 5.76 Å². The van der Waals surface area contributed by atoms with Gasteiger partial charge in [-0.05, 0) is 43.7 Å². The van der Waals surface area contributed by atoms with Crippen molar-refractivity contribution in [2.45, 2.75) is 31.0 Å². The van der Waals surface area contributed by atoms with Crippen LogP contribution < -0.4 is 19.5 Å². The smallest absolute Gasteiger partial charge is 0.252 e. The number of aromatic nitrogens is 1. The number of nitrogens with zero attached hydrogens (tertiary/aromatic N) is 1. The van der Waals surface area contributed by atoms with Crippen molar-refractivity contribution < 1.29 is 23.5 Å². The standard InChI is InChI=1S/C23H26N2O5S/c1-14-18(15(2)30-25-14)13-31-21-9-7-6-8-17(21)23(26)24-12-16-10-19(27-3)22(29-5)20(11-16)28-4/h6-11H,12-13H2,1-5H3,(H,24,26). The number of thioether (sulfide) groups is 1. The Hall–Kier alpha value is -3.13. The number of aryl methyl sites for hydroxylation is 2. The topological polar surface area (TPSA) is 82.8 Å². The molecule has 31 heavy (non-hydrogen) atoms. The van der Waals surface area contributed by atoms with Gasteiger partial charge in [-0.1, -0.05) is 17.3 Å². The van der Waals surface area contributed by atoms with Crippen LogP contribution >= 0.6 is 11.8 Å². The number of hydrogen-bond donors (Lipinski definition) is 1. The average Bonchev–Trinajstić information content (AvgIpc) is 3.12. The number of benzene rings is 2. The van der Waals surface area contributed by atoms with Gasteiger partial charge in [0.2, 0.25) is 5.75 Å². The lowest BCUT2D eigenvalue weighted by Crippen LogP contribution is -2.23. The largest absolute Gasteiger partial charge is 0.493 e. The fourth-order valence-corrected chi connectivity index (χ4v) is 4.36. The van der Waals surface area contributed by atoms with Gasteiger partial charge in [-0.2, -0.15) is 0 Å². The van der Waals surface area contributed by atoms with Gasteiger partial charge >= 0.3 is 0 Å². The first-order chi connectivity index (χ1) is 15.0. The lowest BCUT2D eigenvalue weighted by Gasteiger charge is -2.15. The lowest BCUT2D eigenvalue weighted by molar-refractivity contribution is 0.0948. The molecule has 1 heterocycles. The summed E-state index contributed by atoms with van der Waals surface area (Å²) >= 11 is 1.58. The highest BCUT2D eigenvalue weighted by Crippen LogP contribution is 2.38. The Labute approximate surface area is 186 Å². The van der Waals surface area contributed by atoms with Crippen LogP contribution in [0.1, 0.15) is 32.9 Å². The van der Waals surface area contributed by atoms with Crippen LogP contribution in [-0.2, 0) is 12.3 Å². The van der Waals surface area contributed by atoms with E-state index in [4.69, 9.17) is 18.7 Å². The van der Waals surface area contributed by atoms with Gasteiger partial charge in [-0.3, -0.25) is 4.79 Å². The summed E-state index contributed by atoms with van der Waals surface area (Å²) in [5, 5.41) is 6.97. The van der Waals surface area contributed by atoms with Crippen LogP contribution in [0.3, 0.4) is 0 Å². The first-order valence-electron chi connectivity index (χ1n) is 9.69. The van der Waals surface area contributed by atoms with Crippen LogP contribution in [0.5, 0.6) is 17.2 Å². The van der Waals surface area contributed by atoms with E-state index in [1.165, 1.54) is 0 Å². The first kappa shape index (κ1) is 22.6. The quantitative estimate of drug-likeness (QED) is 0.487. The summed E-state index contributed by atoms with van der Waals surface area (Å²) in [6.07, 6.45) is 0. The molecule has 8 heteroatoms. The third-order valence-electron chi connectivity index (χ3n) is 4.86. The second-order valence-electron chi connectivity index (χ2n) is 6.80. The van der Waals surface area contributed by atoms with E-state index in [9.17, 15) is 4.79 Å². The molecular weight excluding hydrogens is 416 g/mol. The highest BCUT2D eigenvalue weighted by Gasteiger charge is 2.16. The van der Waals surface area contributed by atoms with Gasteiger partial charge in [0.05, 0.1) is 32.6 Å². The number of hydrogen-bond acceptors (Lipinski definition) is 7. The average molecular weight is 443 g/mol. The van der Waals surface area contributed by atoms with Crippen LogP contribution in [0.4, 0.5) is 0 Å². The van der Waals surface area contributed by atoms with E-state index in [1.54, 1.807) is 33.1 Å². The Morgan fingerprint density at radius 3 is 2.32 bits per heavy atom. The molecule has 0 radical (unpaired) electrons. The van der Waals surface area contributed by atoms with Gasteiger partial charge in [0.25, 0.3) is 5.91 Å². The van der Waals surface area contributed by atoms with E-state index in [-0.39, 0.29) is 5.91 Å². The maximum atomic E-state index is 12.9. The molecule has 0 unspecified atom stereocenters. The predicted molar refractivity (Wildman–Crippen MR) is 119 cm³/mol. The molecule has 1 amide bonds. The molecule has 164 valence electrons. The van der Waals surface area contributed by atoms with E-state index in [1.807, 2.05) is 50.2 Å². The number of ether oxygens (including phenoxy) is 3. The van der Waals surface area contributed by atoms with Crippen molar-refractivity contribution in [3.8, 4) is 17.2 Å². The predicted octanol–water partition coefficient (Wildman–Crippen LogP) is 4.54. The zero-order valence-electron chi connectivity index (χ0n) is 18.3. The molecule has 7 nitrogen and oxygen atoms in total. The van der Waals surface area contributed by atoms with Crippen LogP contribution in [0, 0.1) is 13.8 Å². The summed E-state index contributed by atoms with van der Waals surface area (Å²) in [5.74, 6) is 2.92. The molecule has 1 N–H and O–H groups in total. The summed E-state index contributed by atoms with van der Waals surface area (Å²) < 4.78 is 21.3. The molecule has 0 atom stereocenters. The van der Waals surface area contributed by atoms with E-state index < -0.39 is 0 Å². The van der Waals surface area contributed by atoms with E-state index >= 15 is 0 Å². The maximum Gasteiger partial charge on any atom is 0.252 e. The fourth-order valence-electron chi connectivity index (χ4n) is 3.15. The number of carbonyl (C=O) groups is 1. The molecule has 0 aliphatic rings. The summed E-state index contributed by atoms with van der Waals surface area (Å²) in [5.41, 5.74) is 3.38. The van der Waals surface area contributed by atoms with Crippen LogP contribution in [-0.4, -0.2) is 32.4 Å². The third kappa shape index (κ3) is 5.14. The second-order valence-corrected chi connectivity index (χ2v) is 7.82. The Morgan fingerprint density at radius 2 is 1.74 bits per heavy atom. The van der Waals surface area contributed by atoms with Gasteiger partial charge in [-0.15, -0.1) is 11.8 Å². The minimum atomic E-state index is -0.157. The SMILES string of the molecule is COc1cc(CNC(=O)c2ccccc2SCc2c(C)noc2C)cc(OC)c1OC. The van der Waals surface area contributed by atoms with Crippen molar-refractivity contribution in [2.75, 3.05) is 21.3 Å². The summed E-state index contributed by atoms with van der Waals surface area (Å²) in [7, 11) is 4.68. The monoisotopic (exact) mass is 442 g/mol. The fraction of sp³-hybridized carbons (Fsp3) is 0.304. The van der Waals surface area contributed by atoms with E-state index in [0.29, 0.717) is 35.1 Å². The minimum Gasteiger partial charge on any atom is -0.493 e. The van der Waals surface area contributed by atoms with Crippen LogP contribution in [0.25, 0.3) is 0 Å². The molecule has 0 spiro atoms. The molecule has 3 rings (SSSR count). The second kappa shape index (κ2) is 10.3. The van der Waals surface area contributed by atoms with Crippen LogP contribution in [0.15, 0.2) is 45.8 Å². The summed E-state index contributed by atoms with van der Waals surface area (Å²) in [6.45, 7) is 4.13. The molecule has 2 aromatic carbocycles. The zero-order chi connectivity index (χ0) is 22.4. The molecule has 0 saturated carbocycles. The van der Waals surface area contributed by atoms with Gasteiger partial charge in [0, 0.05) is 22.8 Å². The van der Waals surface area contributed by atoms with Gasteiger partial charge in [0.15, 0.2) is 11.5 Å². The van der Waals surface area contributed by atoms with Crippen molar-refractivity contribution in [1.29, 1.82) is 0 Å². The van der Waals surface area contributed by atoms with Crippen molar-refractivity contribution in [2.24, 2.45) is 0 Å². The molecule has 0 fully saturated rings. The van der Waals surface area contributed by atoms with Gasteiger partial charge < -0.3 is 24.1 Å². The lowest BCUT2D eigenvalue weighted by atomic mass is 10.1. The summed E-state index contributed by atoms with van der Waals surface area (Å²) in [6, 6.07) is 11.2. The highest BCUT2D eigenvalue weighted by molar-refractivity contribution is 7.98. The Morgan fingerprint density at radius 1 is 1.06 bits per heavy atom. The van der Waals surface area contributed by atoms with Crippen molar-refractivity contribution >= 4 is 17.7 Å². The third-order valence-corrected chi connectivity index (χ3v) is 5.96. The van der Waals surface area contributed by atoms with Gasteiger partial charge in [-0.25, -0.2) is 0 Å². The number of amides is 1. The molecule has 0 aliphatic heterocycles. The first-order valence-corrected chi connectivity index (χ1v) is 10.7. The number of carbonyl (C=O) groups excluding carboxylic acids is 1. The molecular formula is C23H26N2O5S. The van der Waals surface area contributed by atoms with Crippen LogP contribution in [0.2, 0.25) is 0 Å². The Kier molecular flexibility index (Phi) is 7.46. The number of nitrogens with one attached hydrogen (secondary N) is 1. The molecule has 1 aromatic heterocycles. The number of methoxy groups -OCH3 is 3. The van der Waals surface area contributed by atoms with E-state index in [2.05, 4.69) is 10.5 Å². The Balaban J connectivity index is 1.73. The van der Waals surface area contributed by atoms with Crippen molar-refractivity contribution in [1.82, 2.24) is 10.5 Å². The minimum absolute atomic E-state index is 0.157. The normalized spacial score (nSPS) is 10.6. The van der Waals surface area contributed by atoms with Crippen molar-refractivity contribution in [3.05, 3.63) is 64.5 Å². The van der Waals surface area contributed by atoms with Crippen molar-refractivity contribution in [3.63, 3.8) is 0 Å². The zero-order valence-corrected chi connectivity index (χ0v) is 19.1. The number of rotatable bonds is 9. The van der Waals surface area contributed by atoms with E-state index in [0.717, 1.165) is 27.5 Å².